The highest BCUT2D eigenvalue weighted by Crippen LogP contribution is 2.29. The second kappa shape index (κ2) is 4.93. The summed E-state index contributed by atoms with van der Waals surface area (Å²) in [6.45, 7) is 4.15. The molecule has 0 spiro atoms. The summed E-state index contributed by atoms with van der Waals surface area (Å²) in [7, 11) is 0. The molecule has 6 heteroatoms. The lowest BCUT2D eigenvalue weighted by Crippen LogP contribution is -2.16. The highest BCUT2D eigenvalue weighted by Gasteiger charge is 2.20. The van der Waals surface area contributed by atoms with Crippen molar-refractivity contribution in [3.63, 3.8) is 0 Å². The first-order chi connectivity index (χ1) is 8.77. The van der Waals surface area contributed by atoms with Gasteiger partial charge in [0.05, 0.1) is 17.1 Å². The third-order valence-electron chi connectivity index (χ3n) is 3.53. The molecule has 0 amide bonds. The van der Waals surface area contributed by atoms with E-state index < -0.39 is 0 Å². The molecule has 1 aliphatic heterocycles. The predicted octanol–water partition coefficient (Wildman–Crippen LogP) is 2.21. The Morgan fingerprint density at radius 1 is 1.33 bits per heavy atom. The minimum atomic E-state index is 0.433. The number of fused-ring (bicyclic) bond motifs is 1. The maximum atomic E-state index is 4.62. The van der Waals surface area contributed by atoms with Crippen LogP contribution in [-0.4, -0.2) is 32.8 Å². The molecule has 0 saturated carbocycles. The van der Waals surface area contributed by atoms with Crippen molar-refractivity contribution in [2.24, 2.45) is 0 Å². The van der Waals surface area contributed by atoms with Crippen molar-refractivity contribution in [2.45, 2.75) is 32.2 Å². The second-order valence-corrected chi connectivity index (χ2v) is 5.48. The minimum absolute atomic E-state index is 0.433. The Kier molecular flexibility index (Phi) is 3.30. The summed E-state index contributed by atoms with van der Waals surface area (Å²) in [4.78, 5) is 8.65. The van der Waals surface area contributed by atoms with Crippen molar-refractivity contribution in [2.75, 3.05) is 13.1 Å². The van der Waals surface area contributed by atoms with Gasteiger partial charge in [0, 0.05) is 0 Å². The van der Waals surface area contributed by atoms with Crippen LogP contribution in [0.15, 0.2) is 10.9 Å². The third kappa shape index (κ3) is 2.03. The Balaban J connectivity index is 2.08. The predicted molar refractivity (Wildman–Crippen MR) is 73.5 cm³/mol. The van der Waals surface area contributed by atoms with Crippen molar-refractivity contribution in [1.82, 2.24) is 25.1 Å². The third-order valence-corrected chi connectivity index (χ3v) is 4.08. The van der Waals surface area contributed by atoms with E-state index in [4.69, 9.17) is 0 Å². The molecule has 18 heavy (non-hydrogen) atoms. The maximum absolute atomic E-state index is 4.62. The largest absolute Gasteiger partial charge is 0.317 e. The van der Waals surface area contributed by atoms with Crippen LogP contribution in [-0.2, 0) is 0 Å². The van der Waals surface area contributed by atoms with E-state index in [9.17, 15) is 0 Å². The zero-order chi connectivity index (χ0) is 12.5. The van der Waals surface area contributed by atoms with Crippen LogP contribution in [0.5, 0.6) is 0 Å². The summed E-state index contributed by atoms with van der Waals surface area (Å²) in [5, 5.41) is 9.08. The lowest BCUT2D eigenvalue weighted by Gasteiger charge is -2.14. The van der Waals surface area contributed by atoms with Crippen LogP contribution >= 0.6 is 15.9 Å². The molecule has 96 valence electrons. The fourth-order valence-corrected chi connectivity index (χ4v) is 3.20. The zero-order valence-electron chi connectivity index (χ0n) is 10.4. The molecule has 0 aliphatic carbocycles. The molecule has 0 unspecified atom stereocenters. The number of hydrogen-bond acceptors (Lipinski definition) is 4. The van der Waals surface area contributed by atoms with Crippen LogP contribution in [0.2, 0.25) is 0 Å². The van der Waals surface area contributed by atoms with E-state index in [1.165, 1.54) is 6.42 Å². The molecule has 1 saturated heterocycles. The van der Waals surface area contributed by atoms with Gasteiger partial charge in [-0.15, -0.1) is 0 Å². The zero-order valence-corrected chi connectivity index (χ0v) is 11.9. The van der Waals surface area contributed by atoms with Gasteiger partial charge in [-0.3, -0.25) is 0 Å². The molecule has 1 atom stereocenters. The number of halogens is 1. The first kappa shape index (κ1) is 12.0. The fourth-order valence-electron chi connectivity index (χ4n) is 2.57. The van der Waals surface area contributed by atoms with Crippen molar-refractivity contribution < 1.29 is 0 Å². The van der Waals surface area contributed by atoms with Gasteiger partial charge in [-0.1, -0.05) is 0 Å². The van der Waals surface area contributed by atoms with Crippen LogP contribution in [0, 0.1) is 6.92 Å². The first-order valence-corrected chi connectivity index (χ1v) is 7.12. The van der Waals surface area contributed by atoms with Gasteiger partial charge in [0.15, 0.2) is 5.65 Å². The smallest absolute Gasteiger partial charge is 0.162 e. The van der Waals surface area contributed by atoms with Gasteiger partial charge in [0.1, 0.15) is 10.9 Å². The van der Waals surface area contributed by atoms with Crippen molar-refractivity contribution in [3.8, 4) is 0 Å². The summed E-state index contributed by atoms with van der Waals surface area (Å²) in [6, 6.07) is 0.433. The quantitative estimate of drug-likeness (QED) is 0.877. The van der Waals surface area contributed by atoms with Gasteiger partial charge in [-0.25, -0.2) is 14.6 Å². The van der Waals surface area contributed by atoms with E-state index in [-0.39, 0.29) is 0 Å². The minimum Gasteiger partial charge on any atom is -0.317 e. The van der Waals surface area contributed by atoms with Gasteiger partial charge >= 0.3 is 0 Å². The summed E-state index contributed by atoms with van der Waals surface area (Å²) >= 11 is 3.53. The van der Waals surface area contributed by atoms with E-state index in [0.29, 0.717) is 6.04 Å². The number of rotatable bonds is 1. The highest BCUT2D eigenvalue weighted by molar-refractivity contribution is 9.10. The van der Waals surface area contributed by atoms with Gasteiger partial charge in [0.2, 0.25) is 0 Å². The van der Waals surface area contributed by atoms with Crippen molar-refractivity contribution in [3.05, 3.63) is 16.6 Å². The van der Waals surface area contributed by atoms with E-state index in [1.807, 2.05) is 6.92 Å². The molecule has 5 nitrogen and oxygen atoms in total. The van der Waals surface area contributed by atoms with Crippen LogP contribution in [0.4, 0.5) is 0 Å². The van der Waals surface area contributed by atoms with Crippen LogP contribution in [0.25, 0.3) is 11.0 Å². The summed E-state index contributed by atoms with van der Waals surface area (Å²) in [6.07, 6.45) is 5.07. The Hall–Kier alpha value is -1.01. The van der Waals surface area contributed by atoms with Gasteiger partial charge in [0.25, 0.3) is 0 Å². The summed E-state index contributed by atoms with van der Waals surface area (Å²) < 4.78 is 2.92. The van der Waals surface area contributed by atoms with Crippen molar-refractivity contribution >= 4 is 27.0 Å². The fraction of sp³-hybridized carbons (Fsp3) is 0.583. The highest BCUT2D eigenvalue weighted by atomic mass is 79.9. The average Bonchev–Trinajstić information content (AvgIpc) is 2.56. The molecule has 3 heterocycles. The molecule has 2 aromatic rings. The standard InChI is InChI=1S/C12H16BrN5/c1-8-10-11(13)17-18(12(10)16-7-15-8)9-3-2-5-14-6-4-9/h7,9,14H,2-6H2,1H3/t9-/m1/s1. The Morgan fingerprint density at radius 3 is 3.11 bits per heavy atom. The van der Waals surface area contributed by atoms with Crippen molar-refractivity contribution in [1.29, 1.82) is 0 Å². The number of hydrogen-bond donors (Lipinski definition) is 1. The van der Waals surface area contributed by atoms with Gasteiger partial charge in [-0.05, 0) is 55.2 Å². The van der Waals surface area contributed by atoms with E-state index in [1.54, 1.807) is 6.33 Å². The number of nitrogens with zero attached hydrogens (tertiary/aromatic N) is 4. The molecule has 0 radical (unpaired) electrons. The van der Waals surface area contributed by atoms with E-state index in [2.05, 4.69) is 41.0 Å². The molecule has 0 aromatic carbocycles. The van der Waals surface area contributed by atoms with Crippen LogP contribution < -0.4 is 5.32 Å². The molecule has 0 bridgehead atoms. The van der Waals surface area contributed by atoms with Gasteiger partial charge in [-0.2, -0.15) is 5.10 Å². The molecule has 1 fully saturated rings. The Morgan fingerprint density at radius 2 is 2.22 bits per heavy atom. The molecule has 3 rings (SSSR count). The molecular formula is C12H16BrN5. The Bertz CT molecular complexity index is 557. The Labute approximate surface area is 114 Å². The molecular weight excluding hydrogens is 294 g/mol. The summed E-state index contributed by atoms with van der Waals surface area (Å²) in [5.74, 6) is 0. The molecule has 1 aliphatic rings. The van der Waals surface area contributed by atoms with Crippen LogP contribution in [0.1, 0.15) is 31.0 Å². The lowest BCUT2D eigenvalue weighted by molar-refractivity contribution is 0.422. The second-order valence-electron chi connectivity index (χ2n) is 4.73. The molecule has 2 aromatic heterocycles. The molecule has 1 N–H and O–H groups in total. The first-order valence-electron chi connectivity index (χ1n) is 6.33. The average molecular weight is 310 g/mol. The topological polar surface area (TPSA) is 55.6 Å². The maximum Gasteiger partial charge on any atom is 0.162 e. The SMILES string of the molecule is Cc1ncnc2c1c(Br)nn2[C@@H]1CCCNCC1. The number of aryl methyl sites for hydroxylation is 1. The van der Waals surface area contributed by atoms with Crippen LogP contribution in [0.3, 0.4) is 0 Å². The monoisotopic (exact) mass is 309 g/mol. The van der Waals surface area contributed by atoms with E-state index >= 15 is 0 Å². The van der Waals surface area contributed by atoms with Gasteiger partial charge < -0.3 is 5.32 Å². The lowest BCUT2D eigenvalue weighted by atomic mass is 10.1. The van der Waals surface area contributed by atoms with E-state index in [0.717, 1.165) is 47.3 Å². The number of nitrogens with one attached hydrogen (secondary N) is 1. The summed E-state index contributed by atoms with van der Waals surface area (Å²) in [5.41, 5.74) is 1.92. The number of aromatic nitrogens is 4. The normalized spacial score (nSPS) is 21.1.